The molecule has 1 atom stereocenters. The molecule has 148 valence electrons. The minimum atomic E-state index is -0.167. The number of carbonyl (C=O) groups is 2. The Labute approximate surface area is 165 Å². The SMILES string of the molecule is CN(C(=O)C1CCC(NC(=O)NCc2ccc(Cl)cc2)CC1)C1CCOC1. The fourth-order valence-corrected chi connectivity index (χ4v) is 3.93. The van der Waals surface area contributed by atoms with E-state index in [1.54, 1.807) is 0 Å². The molecule has 1 saturated heterocycles. The van der Waals surface area contributed by atoms with E-state index in [0.29, 0.717) is 18.2 Å². The highest BCUT2D eigenvalue weighted by atomic mass is 35.5. The van der Waals surface area contributed by atoms with Gasteiger partial charge < -0.3 is 20.3 Å². The van der Waals surface area contributed by atoms with Crippen molar-refractivity contribution in [2.24, 2.45) is 5.92 Å². The maximum Gasteiger partial charge on any atom is 0.315 e. The second-order valence-electron chi connectivity index (χ2n) is 7.47. The number of nitrogens with one attached hydrogen (secondary N) is 2. The summed E-state index contributed by atoms with van der Waals surface area (Å²) in [5.41, 5.74) is 1.00. The third-order valence-corrected chi connectivity index (χ3v) is 5.83. The Balaban J connectivity index is 1.37. The van der Waals surface area contributed by atoms with Gasteiger partial charge in [0.25, 0.3) is 0 Å². The molecule has 0 spiro atoms. The van der Waals surface area contributed by atoms with Crippen molar-refractivity contribution in [3.05, 3.63) is 34.9 Å². The van der Waals surface area contributed by atoms with Crippen LogP contribution in [0.25, 0.3) is 0 Å². The number of carbonyl (C=O) groups excluding carboxylic acids is 2. The Morgan fingerprint density at radius 2 is 1.85 bits per heavy atom. The van der Waals surface area contributed by atoms with Crippen molar-refractivity contribution < 1.29 is 14.3 Å². The quantitative estimate of drug-likeness (QED) is 0.807. The molecule has 2 N–H and O–H groups in total. The van der Waals surface area contributed by atoms with E-state index in [2.05, 4.69) is 10.6 Å². The molecule has 27 heavy (non-hydrogen) atoms. The molecule has 3 rings (SSSR count). The molecule has 0 bridgehead atoms. The number of urea groups is 1. The number of ether oxygens (including phenoxy) is 1. The van der Waals surface area contributed by atoms with Gasteiger partial charge in [0.2, 0.25) is 5.91 Å². The minimum absolute atomic E-state index is 0.0609. The zero-order valence-corrected chi connectivity index (χ0v) is 16.5. The van der Waals surface area contributed by atoms with E-state index in [9.17, 15) is 9.59 Å². The summed E-state index contributed by atoms with van der Waals surface area (Å²) in [7, 11) is 1.89. The molecule has 0 aromatic heterocycles. The van der Waals surface area contributed by atoms with Crippen molar-refractivity contribution in [2.75, 3.05) is 20.3 Å². The van der Waals surface area contributed by atoms with Gasteiger partial charge in [0.15, 0.2) is 0 Å². The number of benzene rings is 1. The van der Waals surface area contributed by atoms with Gasteiger partial charge in [-0.1, -0.05) is 23.7 Å². The first-order chi connectivity index (χ1) is 13.0. The largest absolute Gasteiger partial charge is 0.379 e. The van der Waals surface area contributed by atoms with Crippen LogP contribution in [0.1, 0.15) is 37.7 Å². The summed E-state index contributed by atoms with van der Waals surface area (Å²) >= 11 is 5.86. The van der Waals surface area contributed by atoms with Crippen molar-refractivity contribution >= 4 is 23.5 Å². The molecule has 1 aromatic rings. The first-order valence-corrected chi connectivity index (χ1v) is 10.0. The van der Waals surface area contributed by atoms with Crippen molar-refractivity contribution in [1.29, 1.82) is 0 Å². The highest BCUT2D eigenvalue weighted by Gasteiger charge is 2.32. The van der Waals surface area contributed by atoms with Gasteiger partial charge in [0.05, 0.1) is 12.6 Å². The van der Waals surface area contributed by atoms with E-state index in [1.165, 1.54) is 0 Å². The summed E-state index contributed by atoms with van der Waals surface area (Å²) in [4.78, 5) is 26.6. The summed E-state index contributed by atoms with van der Waals surface area (Å²) in [6.45, 7) is 1.85. The van der Waals surface area contributed by atoms with Crippen LogP contribution in [0.5, 0.6) is 0 Å². The summed E-state index contributed by atoms with van der Waals surface area (Å²) in [5, 5.41) is 6.58. The number of rotatable bonds is 5. The lowest BCUT2D eigenvalue weighted by Crippen LogP contribution is -2.46. The highest BCUT2D eigenvalue weighted by Crippen LogP contribution is 2.27. The summed E-state index contributed by atoms with van der Waals surface area (Å²) < 4.78 is 5.38. The Hall–Kier alpha value is -1.79. The first kappa shape index (κ1) is 20.0. The smallest absolute Gasteiger partial charge is 0.315 e. The van der Waals surface area contributed by atoms with Crippen LogP contribution in [0.2, 0.25) is 5.02 Å². The topological polar surface area (TPSA) is 70.7 Å². The zero-order chi connectivity index (χ0) is 19.2. The molecule has 1 aliphatic heterocycles. The van der Waals surface area contributed by atoms with Crippen molar-refractivity contribution in [3.8, 4) is 0 Å². The Bertz CT molecular complexity index is 638. The van der Waals surface area contributed by atoms with E-state index in [1.807, 2.05) is 36.2 Å². The summed E-state index contributed by atoms with van der Waals surface area (Å²) in [6, 6.07) is 7.58. The standard InChI is InChI=1S/C20H28ClN3O3/c1-24(18-10-11-27-13-18)19(25)15-4-8-17(9-5-15)23-20(26)22-12-14-2-6-16(21)7-3-14/h2-3,6-7,15,17-18H,4-5,8-13H2,1H3,(H2,22,23,26). The molecular weight excluding hydrogens is 366 g/mol. The number of hydrogen-bond donors (Lipinski definition) is 2. The number of hydrogen-bond acceptors (Lipinski definition) is 3. The number of halogens is 1. The van der Waals surface area contributed by atoms with Crippen LogP contribution in [0.3, 0.4) is 0 Å². The molecule has 0 radical (unpaired) electrons. The second kappa shape index (κ2) is 9.42. The Morgan fingerprint density at radius 1 is 1.15 bits per heavy atom. The van der Waals surface area contributed by atoms with E-state index in [4.69, 9.17) is 16.3 Å². The third kappa shape index (κ3) is 5.59. The monoisotopic (exact) mass is 393 g/mol. The summed E-state index contributed by atoms with van der Waals surface area (Å²) in [5.74, 6) is 0.280. The van der Waals surface area contributed by atoms with Crippen LogP contribution in [-0.4, -0.2) is 49.2 Å². The molecule has 1 aromatic carbocycles. The predicted molar refractivity (Wildman–Crippen MR) is 105 cm³/mol. The van der Waals surface area contributed by atoms with Crippen LogP contribution >= 0.6 is 11.6 Å². The van der Waals surface area contributed by atoms with E-state index >= 15 is 0 Å². The van der Waals surface area contributed by atoms with Gasteiger partial charge in [0, 0.05) is 37.2 Å². The van der Waals surface area contributed by atoms with Crippen LogP contribution in [0.15, 0.2) is 24.3 Å². The molecule has 6 nitrogen and oxygen atoms in total. The van der Waals surface area contributed by atoms with E-state index in [0.717, 1.165) is 44.3 Å². The first-order valence-electron chi connectivity index (χ1n) is 9.66. The van der Waals surface area contributed by atoms with Gasteiger partial charge in [-0.3, -0.25) is 4.79 Å². The third-order valence-electron chi connectivity index (χ3n) is 5.58. The lowest BCUT2D eigenvalue weighted by molar-refractivity contribution is -0.137. The molecule has 1 saturated carbocycles. The molecule has 3 amide bonds. The highest BCUT2D eigenvalue weighted by molar-refractivity contribution is 6.30. The fraction of sp³-hybridized carbons (Fsp3) is 0.600. The molecule has 2 aliphatic rings. The van der Waals surface area contributed by atoms with Crippen molar-refractivity contribution in [2.45, 2.75) is 50.7 Å². The Morgan fingerprint density at radius 3 is 2.48 bits per heavy atom. The fourth-order valence-electron chi connectivity index (χ4n) is 3.80. The molecule has 1 heterocycles. The van der Waals surface area contributed by atoms with Crippen LogP contribution < -0.4 is 10.6 Å². The van der Waals surface area contributed by atoms with Gasteiger partial charge in [-0.05, 0) is 49.8 Å². The average Bonchev–Trinajstić information content (AvgIpc) is 3.22. The lowest BCUT2D eigenvalue weighted by atomic mass is 9.85. The lowest BCUT2D eigenvalue weighted by Gasteiger charge is -2.32. The van der Waals surface area contributed by atoms with E-state index < -0.39 is 0 Å². The minimum Gasteiger partial charge on any atom is -0.379 e. The number of likely N-dealkylation sites (N-methyl/N-ethyl adjacent to an activating group) is 1. The van der Waals surface area contributed by atoms with Gasteiger partial charge in [-0.2, -0.15) is 0 Å². The van der Waals surface area contributed by atoms with Crippen LogP contribution in [0, 0.1) is 5.92 Å². The van der Waals surface area contributed by atoms with Gasteiger partial charge in [-0.25, -0.2) is 4.79 Å². The summed E-state index contributed by atoms with van der Waals surface area (Å²) in [6.07, 6.45) is 4.23. The van der Waals surface area contributed by atoms with Crippen LogP contribution in [-0.2, 0) is 16.1 Å². The second-order valence-corrected chi connectivity index (χ2v) is 7.91. The number of amides is 3. The zero-order valence-electron chi connectivity index (χ0n) is 15.7. The van der Waals surface area contributed by atoms with Gasteiger partial charge in [0.1, 0.15) is 0 Å². The molecule has 2 fully saturated rings. The van der Waals surface area contributed by atoms with Gasteiger partial charge >= 0.3 is 6.03 Å². The maximum atomic E-state index is 12.7. The van der Waals surface area contributed by atoms with Crippen LogP contribution in [0.4, 0.5) is 4.79 Å². The predicted octanol–water partition coefficient (Wildman–Crippen LogP) is 2.95. The normalized spacial score (nSPS) is 25.0. The molecule has 7 heteroatoms. The molecule has 1 unspecified atom stereocenters. The molecule has 1 aliphatic carbocycles. The maximum absolute atomic E-state index is 12.7. The van der Waals surface area contributed by atoms with E-state index in [-0.39, 0.29) is 29.9 Å². The van der Waals surface area contributed by atoms with Crippen molar-refractivity contribution in [3.63, 3.8) is 0 Å². The molecular formula is C20H28ClN3O3. The van der Waals surface area contributed by atoms with Gasteiger partial charge in [-0.15, -0.1) is 0 Å². The van der Waals surface area contributed by atoms with Crippen molar-refractivity contribution in [1.82, 2.24) is 15.5 Å². The number of nitrogens with zero attached hydrogens (tertiary/aromatic N) is 1. The Kier molecular flexibility index (Phi) is 6.96. The average molecular weight is 394 g/mol.